The van der Waals surface area contributed by atoms with Gasteiger partial charge in [-0.2, -0.15) is 0 Å². The monoisotopic (exact) mass is 325 g/mol. The summed E-state index contributed by atoms with van der Waals surface area (Å²) in [6, 6.07) is 14.4. The summed E-state index contributed by atoms with van der Waals surface area (Å²) in [4.78, 5) is 24.3. The lowest BCUT2D eigenvalue weighted by Crippen LogP contribution is -2.30. The van der Waals surface area contributed by atoms with Crippen molar-refractivity contribution in [1.29, 1.82) is 0 Å². The maximum absolute atomic E-state index is 12.6. The molecular formula is C19H19NO4. The van der Waals surface area contributed by atoms with E-state index >= 15 is 0 Å². The fourth-order valence-corrected chi connectivity index (χ4v) is 2.76. The number of hydrogen-bond acceptors (Lipinski definition) is 4. The number of carbonyl (C=O) groups excluding carboxylic acids is 2. The van der Waals surface area contributed by atoms with Gasteiger partial charge in [0.2, 0.25) is 0 Å². The van der Waals surface area contributed by atoms with E-state index in [1.54, 1.807) is 6.07 Å². The van der Waals surface area contributed by atoms with Crippen molar-refractivity contribution in [1.82, 2.24) is 5.32 Å². The number of fused-ring (bicyclic) bond motifs is 1. The number of esters is 1. The fourth-order valence-electron chi connectivity index (χ4n) is 2.76. The number of amides is 1. The third-order valence-corrected chi connectivity index (χ3v) is 4.06. The first kappa shape index (κ1) is 16.1. The Hall–Kier alpha value is -2.82. The Morgan fingerprint density at radius 1 is 1.21 bits per heavy atom. The number of hydrogen-bond donors (Lipinski definition) is 1. The third kappa shape index (κ3) is 3.56. The molecule has 0 saturated carbocycles. The van der Waals surface area contributed by atoms with Gasteiger partial charge in [-0.3, -0.25) is 9.59 Å². The highest BCUT2D eigenvalue weighted by molar-refractivity contribution is 5.95. The van der Waals surface area contributed by atoms with E-state index in [1.165, 1.54) is 7.11 Å². The fraction of sp³-hybridized carbons (Fsp3) is 0.263. The van der Waals surface area contributed by atoms with Gasteiger partial charge in [0, 0.05) is 12.0 Å². The van der Waals surface area contributed by atoms with Gasteiger partial charge < -0.3 is 14.8 Å². The molecule has 2 aromatic carbocycles. The summed E-state index contributed by atoms with van der Waals surface area (Å²) >= 11 is 0. The number of nitrogens with one attached hydrogen (secondary N) is 1. The molecule has 5 heteroatoms. The zero-order valence-electron chi connectivity index (χ0n) is 13.5. The van der Waals surface area contributed by atoms with E-state index < -0.39 is 6.04 Å². The molecule has 5 nitrogen and oxygen atoms in total. The normalized spacial score (nSPS) is 13.5. The van der Waals surface area contributed by atoms with Crippen molar-refractivity contribution in [2.75, 3.05) is 13.7 Å². The summed E-state index contributed by atoms with van der Waals surface area (Å²) < 4.78 is 10.2. The van der Waals surface area contributed by atoms with Crippen LogP contribution in [0.2, 0.25) is 0 Å². The number of rotatable bonds is 5. The van der Waals surface area contributed by atoms with Gasteiger partial charge in [-0.15, -0.1) is 0 Å². The molecule has 0 spiro atoms. The molecule has 124 valence electrons. The number of carbonyl (C=O) groups is 2. The van der Waals surface area contributed by atoms with Crippen LogP contribution < -0.4 is 10.1 Å². The molecule has 1 atom stereocenters. The molecule has 0 fully saturated rings. The van der Waals surface area contributed by atoms with Crippen LogP contribution in [0.3, 0.4) is 0 Å². The standard InChI is InChI=1S/C19H19NO4/c1-23-18(21)12-16(13-5-3-2-4-6-13)20-19(22)15-7-8-17-14(11-15)9-10-24-17/h2-8,11,16H,9-10,12H2,1H3,(H,20,22). The minimum Gasteiger partial charge on any atom is -0.493 e. The van der Waals surface area contributed by atoms with Crippen LogP contribution in [0.5, 0.6) is 5.75 Å². The Labute approximate surface area is 140 Å². The minimum absolute atomic E-state index is 0.0836. The summed E-state index contributed by atoms with van der Waals surface area (Å²) in [6.45, 7) is 0.648. The zero-order chi connectivity index (χ0) is 16.9. The Balaban J connectivity index is 1.79. The molecule has 24 heavy (non-hydrogen) atoms. The molecule has 0 saturated heterocycles. The SMILES string of the molecule is COC(=O)CC(NC(=O)c1ccc2c(c1)CCO2)c1ccccc1. The molecule has 1 unspecified atom stereocenters. The predicted molar refractivity (Wildman–Crippen MR) is 88.9 cm³/mol. The van der Waals surface area contributed by atoms with E-state index in [0.717, 1.165) is 23.3 Å². The van der Waals surface area contributed by atoms with Gasteiger partial charge in [0.05, 0.1) is 26.2 Å². The van der Waals surface area contributed by atoms with Gasteiger partial charge in [-0.05, 0) is 29.3 Å². The second-order valence-corrected chi connectivity index (χ2v) is 5.64. The van der Waals surface area contributed by atoms with E-state index in [9.17, 15) is 9.59 Å². The van der Waals surface area contributed by atoms with Crippen LogP contribution in [0.25, 0.3) is 0 Å². The Bertz CT molecular complexity index is 742. The van der Waals surface area contributed by atoms with Crippen LogP contribution >= 0.6 is 0 Å². The largest absolute Gasteiger partial charge is 0.493 e. The average molecular weight is 325 g/mol. The topological polar surface area (TPSA) is 64.6 Å². The molecule has 1 amide bonds. The second kappa shape index (κ2) is 7.17. The van der Waals surface area contributed by atoms with Crippen molar-refractivity contribution in [2.24, 2.45) is 0 Å². The van der Waals surface area contributed by atoms with E-state index in [-0.39, 0.29) is 18.3 Å². The molecular weight excluding hydrogens is 306 g/mol. The first-order valence-electron chi connectivity index (χ1n) is 7.85. The molecule has 1 heterocycles. The number of benzene rings is 2. The van der Waals surface area contributed by atoms with Crippen LogP contribution in [0.1, 0.15) is 33.9 Å². The van der Waals surface area contributed by atoms with Crippen LogP contribution in [0.4, 0.5) is 0 Å². The highest BCUT2D eigenvalue weighted by Gasteiger charge is 2.21. The van der Waals surface area contributed by atoms with Gasteiger partial charge in [-0.1, -0.05) is 30.3 Å². The third-order valence-electron chi connectivity index (χ3n) is 4.06. The quantitative estimate of drug-likeness (QED) is 0.859. The number of ether oxygens (including phenoxy) is 2. The summed E-state index contributed by atoms with van der Waals surface area (Å²) in [7, 11) is 1.34. The lowest BCUT2D eigenvalue weighted by molar-refractivity contribution is -0.141. The summed E-state index contributed by atoms with van der Waals surface area (Å²) in [6.07, 6.45) is 0.890. The van der Waals surface area contributed by atoms with Crippen LogP contribution in [-0.2, 0) is 16.0 Å². The Morgan fingerprint density at radius 3 is 2.75 bits per heavy atom. The molecule has 0 bridgehead atoms. The van der Waals surface area contributed by atoms with Gasteiger partial charge in [0.15, 0.2) is 0 Å². The lowest BCUT2D eigenvalue weighted by Gasteiger charge is -2.18. The molecule has 0 aliphatic carbocycles. The van der Waals surface area contributed by atoms with Crippen LogP contribution in [-0.4, -0.2) is 25.6 Å². The highest BCUT2D eigenvalue weighted by Crippen LogP contribution is 2.26. The molecule has 1 aliphatic rings. The van der Waals surface area contributed by atoms with Gasteiger partial charge in [0.1, 0.15) is 5.75 Å². The Morgan fingerprint density at radius 2 is 2.00 bits per heavy atom. The van der Waals surface area contributed by atoms with Crippen molar-refractivity contribution in [3.63, 3.8) is 0 Å². The minimum atomic E-state index is -0.435. The van der Waals surface area contributed by atoms with Crippen molar-refractivity contribution < 1.29 is 19.1 Å². The summed E-state index contributed by atoms with van der Waals surface area (Å²) in [5.41, 5.74) is 2.46. The zero-order valence-corrected chi connectivity index (χ0v) is 13.5. The lowest BCUT2D eigenvalue weighted by atomic mass is 10.0. The van der Waals surface area contributed by atoms with E-state index in [1.807, 2.05) is 42.5 Å². The Kier molecular flexibility index (Phi) is 4.79. The van der Waals surface area contributed by atoms with Crippen molar-refractivity contribution in [3.05, 3.63) is 65.2 Å². The molecule has 3 rings (SSSR count). The molecule has 2 aromatic rings. The second-order valence-electron chi connectivity index (χ2n) is 5.64. The first-order valence-corrected chi connectivity index (χ1v) is 7.85. The van der Waals surface area contributed by atoms with E-state index in [4.69, 9.17) is 9.47 Å². The van der Waals surface area contributed by atoms with E-state index in [0.29, 0.717) is 12.2 Å². The number of methoxy groups -OCH3 is 1. The van der Waals surface area contributed by atoms with Crippen LogP contribution in [0, 0.1) is 0 Å². The molecule has 1 N–H and O–H groups in total. The van der Waals surface area contributed by atoms with Crippen LogP contribution in [0.15, 0.2) is 48.5 Å². The van der Waals surface area contributed by atoms with E-state index in [2.05, 4.69) is 5.32 Å². The average Bonchev–Trinajstić information content (AvgIpc) is 3.09. The molecule has 0 radical (unpaired) electrons. The van der Waals surface area contributed by atoms with Crippen molar-refractivity contribution >= 4 is 11.9 Å². The smallest absolute Gasteiger partial charge is 0.307 e. The molecule has 0 aromatic heterocycles. The van der Waals surface area contributed by atoms with Crippen molar-refractivity contribution in [2.45, 2.75) is 18.9 Å². The van der Waals surface area contributed by atoms with Gasteiger partial charge in [-0.25, -0.2) is 0 Å². The van der Waals surface area contributed by atoms with Crippen molar-refractivity contribution in [3.8, 4) is 5.75 Å². The molecule has 1 aliphatic heterocycles. The maximum atomic E-state index is 12.6. The van der Waals surface area contributed by atoms with Gasteiger partial charge in [0.25, 0.3) is 5.91 Å². The predicted octanol–water partition coefficient (Wildman–Crippen LogP) is 2.66. The summed E-state index contributed by atoms with van der Waals surface area (Å²) in [5, 5.41) is 2.93. The van der Waals surface area contributed by atoms with Gasteiger partial charge >= 0.3 is 5.97 Å². The maximum Gasteiger partial charge on any atom is 0.307 e. The summed E-state index contributed by atoms with van der Waals surface area (Å²) in [5.74, 6) is 0.245. The first-order chi connectivity index (χ1) is 11.7. The highest BCUT2D eigenvalue weighted by atomic mass is 16.5.